The first-order chi connectivity index (χ1) is 8.04. The second-order valence-corrected chi connectivity index (χ2v) is 3.89. The molecule has 94 valence electrons. The maximum atomic E-state index is 10.5. The lowest BCUT2D eigenvalue weighted by Gasteiger charge is -2.14. The predicted octanol–water partition coefficient (Wildman–Crippen LogP) is -0.179. The summed E-state index contributed by atoms with van der Waals surface area (Å²) in [5, 5.41) is 29.9. The molecule has 0 aromatic carbocycles. The van der Waals surface area contributed by atoms with E-state index >= 15 is 0 Å². The van der Waals surface area contributed by atoms with Crippen molar-refractivity contribution in [1.29, 1.82) is 0 Å². The van der Waals surface area contributed by atoms with Crippen molar-refractivity contribution in [3.63, 3.8) is 0 Å². The smallest absolute Gasteiger partial charge is 0.381 e. The van der Waals surface area contributed by atoms with E-state index in [1.165, 1.54) is 17.1 Å². The highest BCUT2D eigenvalue weighted by atomic mass is 16.6. The quantitative estimate of drug-likeness (QED) is 0.562. The largest absolute Gasteiger partial charge is 0.388 e. The molecule has 8 heteroatoms. The number of nitro groups is 1. The lowest BCUT2D eigenvalue weighted by atomic mass is 10.1. The van der Waals surface area contributed by atoms with Gasteiger partial charge in [-0.05, 0) is 16.3 Å². The summed E-state index contributed by atoms with van der Waals surface area (Å²) in [4.78, 5) is 13.4. The number of aromatic nitrogens is 2. The molecule has 4 atom stereocenters. The normalized spacial score (nSPS) is 32.9. The molecule has 1 aromatic heterocycles. The van der Waals surface area contributed by atoms with Crippen molar-refractivity contribution in [2.75, 3.05) is 0 Å². The zero-order valence-electron chi connectivity index (χ0n) is 9.13. The summed E-state index contributed by atoms with van der Waals surface area (Å²) in [5.41, 5.74) is 0. The standard InChI is InChI=1S/C9H13N3O5/c1-2-5-7(13)8(14)9(17-5)11-3-6(10-4-11)12(15)16/h3-5,7-9,13-14H,2H2,1H3. The number of aliphatic hydroxyl groups is 2. The number of hydrogen-bond acceptors (Lipinski definition) is 6. The van der Waals surface area contributed by atoms with Crippen LogP contribution in [-0.2, 0) is 4.74 Å². The van der Waals surface area contributed by atoms with Crippen molar-refractivity contribution in [1.82, 2.24) is 9.55 Å². The molecule has 1 aromatic rings. The second kappa shape index (κ2) is 4.40. The molecular formula is C9H13N3O5. The highest BCUT2D eigenvalue weighted by Crippen LogP contribution is 2.31. The fraction of sp³-hybridized carbons (Fsp3) is 0.667. The van der Waals surface area contributed by atoms with Crippen LogP contribution in [0.25, 0.3) is 0 Å². The van der Waals surface area contributed by atoms with Gasteiger partial charge >= 0.3 is 5.82 Å². The third kappa shape index (κ3) is 2.02. The van der Waals surface area contributed by atoms with Crippen LogP contribution < -0.4 is 0 Å². The first kappa shape index (κ1) is 12.0. The molecule has 8 nitrogen and oxygen atoms in total. The molecule has 2 N–H and O–H groups in total. The molecule has 17 heavy (non-hydrogen) atoms. The van der Waals surface area contributed by atoms with Crippen LogP contribution in [0.15, 0.2) is 12.5 Å². The molecule has 2 heterocycles. The number of aliphatic hydroxyl groups excluding tert-OH is 2. The Labute approximate surface area is 96.6 Å². The van der Waals surface area contributed by atoms with Crippen molar-refractivity contribution in [3.8, 4) is 0 Å². The Morgan fingerprint density at radius 2 is 2.29 bits per heavy atom. The van der Waals surface area contributed by atoms with Gasteiger partial charge in [0, 0.05) is 0 Å². The minimum atomic E-state index is -1.12. The number of rotatable bonds is 3. The van der Waals surface area contributed by atoms with E-state index < -0.39 is 29.5 Å². The zero-order valence-corrected chi connectivity index (χ0v) is 9.13. The van der Waals surface area contributed by atoms with Crippen molar-refractivity contribution >= 4 is 5.82 Å². The van der Waals surface area contributed by atoms with Crippen molar-refractivity contribution in [2.24, 2.45) is 0 Å². The average Bonchev–Trinajstić information content (AvgIpc) is 2.87. The van der Waals surface area contributed by atoms with Crippen LogP contribution in [0.1, 0.15) is 19.6 Å². The molecule has 2 rings (SSSR count). The minimum absolute atomic E-state index is 0.324. The molecule has 0 radical (unpaired) electrons. The number of imidazole rings is 1. The van der Waals surface area contributed by atoms with E-state index in [2.05, 4.69) is 4.98 Å². The third-order valence-corrected chi connectivity index (χ3v) is 2.81. The monoisotopic (exact) mass is 243 g/mol. The maximum Gasteiger partial charge on any atom is 0.381 e. The summed E-state index contributed by atoms with van der Waals surface area (Å²) in [7, 11) is 0. The molecule has 0 spiro atoms. The van der Waals surface area contributed by atoms with E-state index in [4.69, 9.17) is 4.74 Å². The molecule has 0 saturated carbocycles. The Hall–Kier alpha value is -1.51. The molecule has 1 aliphatic heterocycles. The lowest BCUT2D eigenvalue weighted by Crippen LogP contribution is -2.31. The van der Waals surface area contributed by atoms with Gasteiger partial charge in [0.05, 0.1) is 6.10 Å². The molecule has 0 aliphatic carbocycles. The van der Waals surface area contributed by atoms with Crippen LogP contribution in [0, 0.1) is 10.1 Å². The zero-order chi connectivity index (χ0) is 12.6. The van der Waals surface area contributed by atoms with Crippen LogP contribution in [0.3, 0.4) is 0 Å². The van der Waals surface area contributed by atoms with Crippen LogP contribution in [0.2, 0.25) is 0 Å². The van der Waals surface area contributed by atoms with Gasteiger partial charge in [0.2, 0.25) is 6.33 Å². The topological polar surface area (TPSA) is 111 Å². The Morgan fingerprint density at radius 1 is 1.59 bits per heavy atom. The van der Waals surface area contributed by atoms with Gasteiger partial charge in [0.1, 0.15) is 18.4 Å². The van der Waals surface area contributed by atoms with Gasteiger partial charge in [-0.25, -0.2) is 0 Å². The second-order valence-electron chi connectivity index (χ2n) is 3.89. The Kier molecular flexibility index (Phi) is 3.09. The van der Waals surface area contributed by atoms with Gasteiger partial charge in [-0.3, -0.25) is 4.57 Å². The van der Waals surface area contributed by atoms with E-state index in [9.17, 15) is 20.3 Å². The van der Waals surface area contributed by atoms with Gasteiger partial charge in [0.25, 0.3) is 0 Å². The van der Waals surface area contributed by atoms with Gasteiger partial charge in [0.15, 0.2) is 6.23 Å². The summed E-state index contributed by atoms with van der Waals surface area (Å²) in [5.74, 6) is -0.324. The molecule has 4 unspecified atom stereocenters. The summed E-state index contributed by atoms with van der Waals surface area (Å²) in [6, 6.07) is 0. The third-order valence-electron chi connectivity index (χ3n) is 2.81. The molecular weight excluding hydrogens is 230 g/mol. The van der Waals surface area contributed by atoms with Crippen LogP contribution >= 0.6 is 0 Å². The van der Waals surface area contributed by atoms with Crippen LogP contribution in [0.4, 0.5) is 5.82 Å². The fourth-order valence-electron chi connectivity index (χ4n) is 1.87. The van der Waals surface area contributed by atoms with Gasteiger partial charge in [-0.15, -0.1) is 0 Å². The minimum Gasteiger partial charge on any atom is -0.388 e. The molecule has 1 aliphatic rings. The van der Waals surface area contributed by atoms with Gasteiger partial charge < -0.3 is 25.1 Å². The van der Waals surface area contributed by atoms with Crippen LogP contribution in [0.5, 0.6) is 0 Å². The fourth-order valence-corrected chi connectivity index (χ4v) is 1.87. The predicted molar refractivity (Wildman–Crippen MR) is 55.1 cm³/mol. The first-order valence-electron chi connectivity index (χ1n) is 5.24. The van der Waals surface area contributed by atoms with E-state index in [1.54, 1.807) is 0 Å². The van der Waals surface area contributed by atoms with E-state index in [0.717, 1.165) is 0 Å². The van der Waals surface area contributed by atoms with Gasteiger partial charge in [-0.1, -0.05) is 6.92 Å². The molecule has 0 amide bonds. The summed E-state index contributed by atoms with van der Waals surface area (Å²) >= 11 is 0. The average molecular weight is 243 g/mol. The Morgan fingerprint density at radius 3 is 2.76 bits per heavy atom. The van der Waals surface area contributed by atoms with Crippen molar-refractivity contribution in [2.45, 2.75) is 37.9 Å². The Bertz CT molecular complexity index is 421. The highest BCUT2D eigenvalue weighted by Gasteiger charge is 2.43. The maximum absolute atomic E-state index is 10.5. The van der Waals surface area contributed by atoms with Crippen molar-refractivity contribution in [3.05, 3.63) is 22.6 Å². The SMILES string of the molecule is CCC1OC(n2cnc([N+](=O)[O-])c2)C(O)C1O. The van der Waals surface area contributed by atoms with E-state index in [0.29, 0.717) is 6.42 Å². The molecule has 1 saturated heterocycles. The summed E-state index contributed by atoms with van der Waals surface area (Å²) < 4.78 is 6.71. The summed E-state index contributed by atoms with van der Waals surface area (Å²) in [6.45, 7) is 1.82. The van der Waals surface area contributed by atoms with Crippen LogP contribution in [-0.4, -0.2) is 43.0 Å². The molecule has 1 fully saturated rings. The summed E-state index contributed by atoms with van der Waals surface area (Å²) in [6.07, 6.45) is -0.506. The highest BCUT2D eigenvalue weighted by molar-refractivity contribution is 5.13. The first-order valence-corrected chi connectivity index (χ1v) is 5.24. The lowest BCUT2D eigenvalue weighted by molar-refractivity contribution is -0.389. The van der Waals surface area contributed by atoms with E-state index in [1.807, 2.05) is 6.92 Å². The number of ether oxygens (including phenoxy) is 1. The van der Waals surface area contributed by atoms with E-state index in [-0.39, 0.29) is 5.82 Å². The van der Waals surface area contributed by atoms with Gasteiger partial charge in [-0.2, -0.15) is 0 Å². The molecule has 0 bridgehead atoms. The van der Waals surface area contributed by atoms with Crippen molar-refractivity contribution < 1.29 is 19.9 Å². The number of nitrogens with zero attached hydrogens (tertiary/aromatic N) is 3. The Balaban J connectivity index is 2.19. The number of hydrogen-bond donors (Lipinski definition) is 2.